The molecule has 0 aliphatic carbocycles. The maximum absolute atomic E-state index is 8.87. The first kappa shape index (κ1) is 17.7. The lowest BCUT2D eigenvalue weighted by molar-refractivity contribution is 1.16. The number of aryl methyl sites for hydroxylation is 3. The number of nitrogens with one attached hydrogen (secondary N) is 2. The highest BCUT2D eigenvalue weighted by Crippen LogP contribution is 2.27. The van der Waals surface area contributed by atoms with Gasteiger partial charge in [0.2, 0.25) is 5.95 Å². The fourth-order valence-corrected chi connectivity index (χ4v) is 2.98. The van der Waals surface area contributed by atoms with E-state index >= 15 is 0 Å². The van der Waals surface area contributed by atoms with Crippen molar-refractivity contribution in [2.45, 2.75) is 20.8 Å². The summed E-state index contributed by atoms with van der Waals surface area (Å²) in [5.41, 5.74) is 5.87. The van der Waals surface area contributed by atoms with E-state index in [0.29, 0.717) is 22.5 Å². The van der Waals surface area contributed by atoms with Crippen LogP contribution in [0.4, 0.5) is 23.1 Å². The highest BCUT2D eigenvalue weighted by atomic mass is 35.5. The molecule has 26 heavy (non-hydrogen) atoms. The van der Waals surface area contributed by atoms with E-state index in [-0.39, 0.29) is 0 Å². The van der Waals surface area contributed by atoms with Crippen LogP contribution in [0.5, 0.6) is 0 Å². The summed E-state index contributed by atoms with van der Waals surface area (Å²) < 4.78 is 0. The van der Waals surface area contributed by atoms with Gasteiger partial charge in [-0.25, -0.2) is 4.98 Å². The minimum atomic E-state index is 0.334. The molecule has 3 rings (SSSR count). The highest BCUT2D eigenvalue weighted by Gasteiger charge is 2.08. The number of nitrogens with zero attached hydrogens (tertiary/aromatic N) is 3. The largest absolute Gasteiger partial charge is 0.340 e. The first-order valence-electron chi connectivity index (χ1n) is 8.11. The van der Waals surface area contributed by atoms with Crippen molar-refractivity contribution in [3.05, 3.63) is 69.9 Å². The Morgan fingerprint density at radius 1 is 0.923 bits per heavy atom. The predicted octanol–water partition coefficient (Wildman–Crippen LogP) is 5.41. The van der Waals surface area contributed by atoms with Gasteiger partial charge in [-0.2, -0.15) is 10.2 Å². The van der Waals surface area contributed by atoms with Crippen LogP contribution in [0.3, 0.4) is 0 Å². The third-order valence-electron chi connectivity index (χ3n) is 3.90. The van der Waals surface area contributed by atoms with Crippen molar-refractivity contribution in [1.82, 2.24) is 9.97 Å². The smallest absolute Gasteiger partial charge is 0.230 e. The van der Waals surface area contributed by atoms with E-state index in [9.17, 15) is 0 Å². The SMILES string of the molecule is Cc1cc(C)c(Nc2cc(Cl)nc(Nc3ccc(C#N)cc3)n2)c(C)c1. The zero-order chi connectivity index (χ0) is 18.7. The van der Waals surface area contributed by atoms with Gasteiger partial charge in [-0.15, -0.1) is 0 Å². The van der Waals surface area contributed by atoms with Crippen LogP contribution >= 0.6 is 11.6 Å². The fourth-order valence-electron chi connectivity index (χ4n) is 2.80. The minimum absolute atomic E-state index is 0.334. The molecule has 0 aliphatic rings. The monoisotopic (exact) mass is 363 g/mol. The molecule has 0 amide bonds. The van der Waals surface area contributed by atoms with Gasteiger partial charge < -0.3 is 10.6 Å². The van der Waals surface area contributed by atoms with Crippen molar-refractivity contribution in [2.24, 2.45) is 0 Å². The van der Waals surface area contributed by atoms with Crippen LogP contribution in [0.25, 0.3) is 0 Å². The van der Waals surface area contributed by atoms with E-state index in [1.54, 1.807) is 30.3 Å². The average molecular weight is 364 g/mol. The van der Waals surface area contributed by atoms with E-state index in [0.717, 1.165) is 22.5 Å². The molecule has 1 heterocycles. The van der Waals surface area contributed by atoms with E-state index in [1.807, 2.05) is 0 Å². The number of nitriles is 1. The van der Waals surface area contributed by atoms with Gasteiger partial charge in [0.15, 0.2) is 0 Å². The maximum atomic E-state index is 8.87. The number of hydrogen-bond acceptors (Lipinski definition) is 5. The number of hydrogen-bond donors (Lipinski definition) is 2. The van der Waals surface area contributed by atoms with Gasteiger partial charge in [0.05, 0.1) is 11.6 Å². The molecule has 0 fully saturated rings. The molecule has 1 aromatic heterocycles. The average Bonchev–Trinajstić information content (AvgIpc) is 2.58. The molecule has 2 N–H and O–H groups in total. The Kier molecular flexibility index (Phi) is 5.06. The topological polar surface area (TPSA) is 73.6 Å². The molecule has 0 atom stereocenters. The Morgan fingerprint density at radius 3 is 2.19 bits per heavy atom. The molecule has 0 radical (unpaired) electrons. The molecule has 0 saturated carbocycles. The Labute approximate surface area is 157 Å². The Balaban J connectivity index is 1.87. The fraction of sp³-hybridized carbons (Fsp3) is 0.150. The van der Waals surface area contributed by atoms with Crippen molar-refractivity contribution in [3.63, 3.8) is 0 Å². The standard InChI is InChI=1S/C20H18ClN5/c1-12-8-13(2)19(14(3)9-12)25-18-10-17(21)24-20(26-18)23-16-6-4-15(11-22)5-7-16/h4-10H,1-3H3,(H2,23,24,25,26). The van der Waals surface area contributed by atoms with Crippen molar-refractivity contribution in [1.29, 1.82) is 5.26 Å². The molecule has 130 valence electrons. The summed E-state index contributed by atoms with van der Waals surface area (Å²) in [6.45, 7) is 6.19. The highest BCUT2D eigenvalue weighted by molar-refractivity contribution is 6.29. The first-order chi connectivity index (χ1) is 12.4. The molecule has 0 spiro atoms. The second kappa shape index (κ2) is 7.42. The number of anilines is 4. The Bertz CT molecular complexity index is 967. The molecule has 3 aromatic rings. The molecule has 0 bridgehead atoms. The van der Waals surface area contributed by atoms with E-state index in [1.165, 1.54) is 5.56 Å². The van der Waals surface area contributed by atoms with Gasteiger partial charge in [0.25, 0.3) is 0 Å². The first-order valence-corrected chi connectivity index (χ1v) is 8.49. The van der Waals surface area contributed by atoms with Crippen LogP contribution in [-0.4, -0.2) is 9.97 Å². The number of aromatic nitrogens is 2. The van der Waals surface area contributed by atoms with Crippen LogP contribution in [0.1, 0.15) is 22.3 Å². The van der Waals surface area contributed by atoms with Gasteiger partial charge in [0.1, 0.15) is 11.0 Å². The van der Waals surface area contributed by atoms with Crippen LogP contribution in [0.15, 0.2) is 42.5 Å². The number of halogens is 1. The van der Waals surface area contributed by atoms with Gasteiger partial charge in [-0.05, 0) is 56.2 Å². The maximum Gasteiger partial charge on any atom is 0.230 e. The van der Waals surface area contributed by atoms with Gasteiger partial charge in [-0.3, -0.25) is 0 Å². The lowest BCUT2D eigenvalue weighted by Gasteiger charge is -2.14. The molecule has 0 unspecified atom stereocenters. The number of rotatable bonds is 4. The Morgan fingerprint density at radius 2 is 1.58 bits per heavy atom. The molecule has 0 aliphatic heterocycles. The molecule has 6 heteroatoms. The predicted molar refractivity (Wildman–Crippen MR) is 105 cm³/mol. The zero-order valence-electron chi connectivity index (χ0n) is 14.8. The summed E-state index contributed by atoms with van der Waals surface area (Å²) in [5.74, 6) is 0.989. The lowest BCUT2D eigenvalue weighted by Crippen LogP contribution is -2.03. The van der Waals surface area contributed by atoms with E-state index < -0.39 is 0 Å². The summed E-state index contributed by atoms with van der Waals surface area (Å²) in [6.07, 6.45) is 0. The van der Waals surface area contributed by atoms with Crippen molar-refractivity contribution >= 4 is 34.7 Å². The van der Waals surface area contributed by atoms with Crippen molar-refractivity contribution in [3.8, 4) is 6.07 Å². The summed E-state index contributed by atoms with van der Waals surface area (Å²) >= 11 is 6.16. The van der Waals surface area contributed by atoms with Crippen LogP contribution < -0.4 is 10.6 Å². The molecular weight excluding hydrogens is 346 g/mol. The van der Waals surface area contributed by atoms with Gasteiger partial charge in [0, 0.05) is 17.4 Å². The second-order valence-electron chi connectivity index (χ2n) is 6.11. The van der Waals surface area contributed by atoms with Crippen LogP contribution in [0.2, 0.25) is 5.15 Å². The lowest BCUT2D eigenvalue weighted by atomic mass is 10.1. The third kappa shape index (κ3) is 4.11. The molecular formula is C20H18ClN5. The van der Waals surface area contributed by atoms with Crippen molar-refractivity contribution < 1.29 is 0 Å². The molecule has 0 saturated heterocycles. The minimum Gasteiger partial charge on any atom is -0.340 e. The molecule has 5 nitrogen and oxygen atoms in total. The summed E-state index contributed by atoms with van der Waals surface area (Å²) in [6, 6.07) is 15.1. The van der Waals surface area contributed by atoms with E-state index in [2.05, 4.69) is 59.6 Å². The summed E-state index contributed by atoms with van der Waals surface area (Å²) in [4.78, 5) is 8.70. The van der Waals surface area contributed by atoms with Gasteiger partial charge >= 0.3 is 0 Å². The quantitative estimate of drug-likeness (QED) is 0.606. The second-order valence-corrected chi connectivity index (χ2v) is 6.50. The number of benzene rings is 2. The van der Waals surface area contributed by atoms with Crippen molar-refractivity contribution in [2.75, 3.05) is 10.6 Å². The Hall–Kier alpha value is -3.10. The van der Waals surface area contributed by atoms with Crippen LogP contribution in [0, 0.1) is 32.1 Å². The molecule has 2 aromatic carbocycles. The third-order valence-corrected chi connectivity index (χ3v) is 4.09. The summed E-state index contributed by atoms with van der Waals surface area (Å²) in [5, 5.41) is 15.6. The van der Waals surface area contributed by atoms with E-state index in [4.69, 9.17) is 16.9 Å². The zero-order valence-corrected chi connectivity index (χ0v) is 15.5. The summed E-state index contributed by atoms with van der Waals surface area (Å²) in [7, 11) is 0. The van der Waals surface area contributed by atoms with Crippen LogP contribution in [-0.2, 0) is 0 Å². The normalized spacial score (nSPS) is 10.3. The van der Waals surface area contributed by atoms with Gasteiger partial charge in [-0.1, -0.05) is 29.3 Å².